The minimum Gasteiger partial charge on any atom is -0.507 e. The molecule has 0 amide bonds. The summed E-state index contributed by atoms with van der Waals surface area (Å²) in [6, 6.07) is 23.9. The molecular weight excluding hydrogens is 392 g/mol. The first-order valence-corrected chi connectivity index (χ1v) is 10.0. The van der Waals surface area contributed by atoms with Gasteiger partial charge in [0.15, 0.2) is 0 Å². The Bertz CT molecular complexity index is 1260. The zero-order chi connectivity index (χ0) is 21.8. The van der Waals surface area contributed by atoms with Crippen molar-refractivity contribution < 1.29 is 19.1 Å². The molecule has 0 saturated heterocycles. The summed E-state index contributed by atoms with van der Waals surface area (Å²) in [5.41, 5.74) is 1.43. The van der Waals surface area contributed by atoms with Crippen molar-refractivity contribution in [2.45, 2.75) is 25.9 Å². The lowest BCUT2D eigenvalue weighted by Gasteiger charge is -2.17. The van der Waals surface area contributed by atoms with Gasteiger partial charge in [0.05, 0.1) is 10.9 Å². The van der Waals surface area contributed by atoms with Crippen LogP contribution in [0.15, 0.2) is 88.1 Å². The van der Waals surface area contributed by atoms with Crippen LogP contribution in [0, 0.1) is 0 Å². The highest BCUT2D eigenvalue weighted by atomic mass is 16.5. The summed E-state index contributed by atoms with van der Waals surface area (Å²) < 4.78 is 11.3. The number of carbonyl (C=O) groups is 1. The number of Topliss-reactive ketones (excluding diaryl/α,β-unsaturated/α-hetero) is 1. The van der Waals surface area contributed by atoms with Gasteiger partial charge in [-0.2, -0.15) is 0 Å². The molecule has 0 bridgehead atoms. The van der Waals surface area contributed by atoms with Crippen LogP contribution in [0.25, 0.3) is 11.0 Å². The Morgan fingerprint density at radius 3 is 2.35 bits per heavy atom. The molecule has 31 heavy (non-hydrogen) atoms. The number of hydrogen-bond donors (Lipinski definition) is 1. The molecule has 0 aliphatic carbocycles. The van der Waals surface area contributed by atoms with Crippen molar-refractivity contribution in [3.05, 3.63) is 106 Å². The second-order valence-electron chi connectivity index (χ2n) is 7.45. The highest BCUT2D eigenvalue weighted by Gasteiger charge is 2.26. The third kappa shape index (κ3) is 4.51. The molecule has 156 valence electrons. The lowest BCUT2D eigenvalue weighted by molar-refractivity contribution is -0.117. The maximum absolute atomic E-state index is 12.9. The molecule has 1 aromatic heterocycles. The fourth-order valence-corrected chi connectivity index (χ4v) is 3.68. The molecule has 0 radical (unpaired) electrons. The summed E-state index contributed by atoms with van der Waals surface area (Å²) >= 11 is 0. The summed E-state index contributed by atoms with van der Waals surface area (Å²) in [7, 11) is 0. The van der Waals surface area contributed by atoms with Crippen molar-refractivity contribution in [3.8, 4) is 11.5 Å². The molecule has 1 heterocycles. The summed E-state index contributed by atoms with van der Waals surface area (Å²) in [5.74, 6) is -0.322. The summed E-state index contributed by atoms with van der Waals surface area (Å²) in [4.78, 5) is 24.8. The smallest absolute Gasteiger partial charge is 0.343 e. The number of ketones is 1. The number of aromatic hydroxyl groups is 1. The molecular formula is C26H22O5. The van der Waals surface area contributed by atoms with E-state index in [2.05, 4.69) is 0 Å². The van der Waals surface area contributed by atoms with Crippen LogP contribution in [0.5, 0.6) is 11.5 Å². The normalized spacial score (nSPS) is 11.9. The van der Waals surface area contributed by atoms with Crippen molar-refractivity contribution >= 4 is 16.8 Å². The highest BCUT2D eigenvalue weighted by molar-refractivity contribution is 5.86. The fraction of sp³-hybridized carbons (Fsp3) is 0.154. The van der Waals surface area contributed by atoms with Gasteiger partial charge in [0.1, 0.15) is 29.5 Å². The van der Waals surface area contributed by atoms with Crippen LogP contribution in [-0.2, 0) is 11.4 Å². The van der Waals surface area contributed by atoms with Gasteiger partial charge in [-0.1, -0.05) is 60.7 Å². The Kier molecular flexibility index (Phi) is 5.85. The number of rotatable bonds is 7. The topological polar surface area (TPSA) is 76.7 Å². The van der Waals surface area contributed by atoms with Crippen molar-refractivity contribution in [3.63, 3.8) is 0 Å². The maximum atomic E-state index is 12.9. The molecule has 4 aromatic rings. The van der Waals surface area contributed by atoms with Crippen LogP contribution in [0.1, 0.15) is 36.0 Å². The van der Waals surface area contributed by atoms with Gasteiger partial charge in [0, 0.05) is 18.4 Å². The maximum Gasteiger partial charge on any atom is 0.343 e. The number of hydrogen-bond acceptors (Lipinski definition) is 5. The van der Waals surface area contributed by atoms with E-state index in [9.17, 15) is 14.7 Å². The summed E-state index contributed by atoms with van der Waals surface area (Å²) in [6.07, 6.45) is 0.0894. The first-order chi connectivity index (χ1) is 15.0. The minimum atomic E-state index is -0.666. The number of carbonyl (C=O) groups excluding carboxylic acids is 1. The number of benzene rings is 3. The fourth-order valence-electron chi connectivity index (χ4n) is 3.68. The van der Waals surface area contributed by atoms with Gasteiger partial charge < -0.3 is 14.3 Å². The number of fused-ring (bicyclic) bond motifs is 1. The Labute approximate surface area is 179 Å². The molecule has 0 spiro atoms. The largest absolute Gasteiger partial charge is 0.507 e. The van der Waals surface area contributed by atoms with E-state index in [0.29, 0.717) is 17.7 Å². The molecule has 0 unspecified atom stereocenters. The minimum absolute atomic E-state index is 0.0857. The lowest BCUT2D eigenvalue weighted by Crippen LogP contribution is -2.16. The predicted octanol–water partition coefficient (Wildman–Crippen LogP) is 5.19. The van der Waals surface area contributed by atoms with Crippen LogP contribution < -0.4 is 10.4 Å². The third-order valence-electron chi connectivity index (χ3n) is 5.18. The second kappa shape index (κ2) is 8.88. The molecule has 1 N–H and O–H groups in total. The Balaban J connectivity index is 1.72. The van der Waals surface area contributed by atoms with E-state index >= 15 is 0 Å². The van der Waals surface area contributed by atoms with Gasteiger partial charge in [-0.15, -0.1) is 0 Å². The lowest BCUT2D eigenvalue weighted by atomic mass is 9.87. The summed E-state index contributed by atoms with van der Waals surface area (Å²) in [6.45, 7) is 1.83. The SMILES string of the molecule is CC(=O)C[C@@H](c1ccccc1)c1c(O)c2ccc(OCc3ccccc3)cc2oc1=O. The van der Waals surface area contributed by atoms with E-state index in [1.807, 2.05) is 60.7 Å². The van der Waals surface area contributed by atoms with E-state index in [1.54, 1.807) is 18.2 Å². The van der Waals surface area contributed by atoms with Crippen LogP contribution in [0.3, 0.4) is 0 Å². The van der Waals surface area contributed by atoms with E-state index in [4.69, 9.17) is 9.15 Å². The van der Waals surface area contributed by atoms with E-state index in [1.165, 1.54) is 6.92 Å². The number of ether oxygens (including phenoxy) is 1. The second-order valence-corrected chi connectivity index (χ2v) is 7.45. The standard InChI is InChI=1S/C26H22O5/c1-17(27)14-22(19-10-6-3-7-11-19)24-25(28)21-13-12-20(15-23(21)31-26(24)29)30-16-18-8-4-2-5-9-18/h2-13,15,22,28H,14,16H2,1H3/t22-/m0/s1. The first-order valence-electron chi connectivity index (χ1n) is 10.0. The third-order valence-corrected chi connectivity index (χ3v) is 5.18. The van der Waals surface area contributed by atoms with Crippen molar-refractivity contribution in [1.82, 2.24) is 0 Å². The Hall–Kier alpha value is -3.86. The van der Waals surface area contributed by atoms with E-state index < -0.39 is 11.5 Å². The molecule has 0 aliphatic heterocycles. The molecule has 0 saturated carbocycles. The molecule has 3 aromatic carbocycles. The van der Waals surface area contributed by atoms with Gasteiger partial charge in [-0.05, 0) is 30.2 Å². The van der Waals surface area contributed by atoms with E-state index in [-0.39, 0.29) is 29.1 Å². The van der Waals surface area contributed by atoms with Crippen molar-refractivity contribution in [2.75, 3.05) is 0 Å². The van der Waals surface area contributed by atoms with Gasteiger partial charge in [-0.3, -0.25) is 4.79 Å². The average molecular weight is 414 g/mol. The van der Waals surface area contributed by atoms with E-state index in [0.717, 1.165) is 11.1 Å². The van der Waals surface area contributed by atoms with Crippen LogP contribution in [-0.4, -0.2) is 10.9 Å². The predicted molar refractivity (Wildman–Crippen MR) is 119 cm³/mol. The van der Waals surface area contributed by atoms with Crippen molar-refractivity contribution in [2.24, 2.45) is 0 Å². The zero-order valence-electron chi connectivity index (χ0n) is 17.1. The van der Waals surface area contributed by atoms with Gasteiger partial charge in [0.2, 0.25) is 0 Å². The van der Waals surface area contributed by atoms with Crippen LogP contribution in [0.4, 0.5) is 0 Å². The molecule has 0 fully saturated rings. The van der Waals surface area contributed by atoms with Crippen LogP contribution >= 0.6 is 0 Å². The molecule has 4 rings (SSSR count). The quantitative estimate of drug-likeness (QED) is 0.421. The Morgan fingerprint density at radius 2 is 1.68 bits per heavy atom. The zero-order valence-corrected chi connectivity index (χ0v) is 17.1. The van der Waals surface area contributed by atoms with Crippen molar-refractivity contribution in [1.29, 1.82) is 0 Å². The molecule has 1 atom stereocenters. The average Bonchev–Trinajstić information content (AvgIpc) is 2.78. The Morgan fingerprint density at radius 1 is 1.00 bits per heavy atom. The summed E-state index contributed by atoms with van der Waals surface area (Å²) in [5, 5.41) is 11.4. The molecule has 5 heteroatoms. The van der Waals surface area contributed by atoms with Gasteiger partial charge >= 0.3 is 5.63 Å². The van der Waals surface area contributed by atoms with Gasteiger partial charge in [-0.25, -0.2) is 4.79 Å². The highest BCUT2D eigenvalue weighted by Crippen LogP contribution is 2.37. The first kappa shape index (κ1) is 20.4. The monoisotopic (exact) mass is 414 g/mol. The van der Waals surface area contributed by atoms with Gasteiger partial charge in [0.25, 0.3) is 0 Å². The van der Waals surface area contributed by atoms with Crippen LogP contribution in [0.2, 0.25) is 0 Å². The molecule has 5 nitrogen and oxygen atoms in total. The molecule has 0 aliphatic rings.